The number of rotatable bonds is 3. The standard InChI is InChI=1S/C16H19BrN2O2/c1-16(5-7-18-8-6-16)10-19-15(20)13-9-11-3-2-4-12(17)14(11)21-13/h2-4,9,18H,5-8,10H2,1H3,(H,19,20). The first-order valence-corrected chi connectivity index (χ1v) is 8.04. The third kappa shape index (κ3) is 3.14. The Morgan fingerprint density at radius 1 is 1.43 bits per heavy atom. The predicted molar refractivity (Wildman–Crippen MR) is 86.5 cm³/mol. The van der Waals surface area contributed by atoms with Crippen LogP contribution in [0.3, 0.4) is 0 Å². The first-order chi connectivity index (χ1) is 10.1. The van der Waals surface area contributed by atoms with Crippen molar-refractivity contribution >= 4 is 32.8 Å². The lowest BCUT2D eigenvalue weighted by atomic mass is 9.81. The van der Waals surface area contributed by atoms with Crippen molar-refractivity contribution in [1.82, 2.24) is 10.6 Å². The van der Waals surface area contributed by atoms with E-state index >= 15 is 0 Å². The average molecular weight is 351 g/mol. The largest absolute Gasteiger partial charge is 0.450 e. The van der Waals surface area contributed by atoms with Crippen LogP contribution in [0, 0.1) is 5.41 Å². The van der Waals surface area contributed by atoms with Gasteiger partial charge < -0.3 is 15.1 Å². The van der Waals surface area contributed by atoms with Gasteiger partial charge >= 0.3 is 0 Å². The second-order valence-electron chi connectivity index (χ2n) is 6.01. The summed E-state index contributed by atoms with van der Waals surface area (Å²) in [7, 11) is 0. The van der Waals surface area contributed by atoms with Gasteiger partial charge in [-0.2, -0.15) is 0 Å². The monoisotopic (exact) mass is 350 g/mol. The highest BCUT2D eigenvalue weighted by molar-refractivity contribution is 9.10. The Labute approximate surface area is 132 Å². The molecule has 21 heavy (non-hydrogen) atoms. The van der Waals surface area contributed by atoms with Gasteiger partial charge in [0.25, 0.3) is 5.91 Å². The average Bonchev–Trinajstić information content (AvgIpc) is 2.91. The van der Waals surface area contributed by atoms with Crippen LogP contribution in [-0.2, 0) is 0 Å². The zero-order valence-electron chi connectivity index (χ0n) is 12.0. The molecular weight excluding hydrogens is 332 g/mol. The summed E-state index contributed by atoms with van der Waals surface area (Å²) in [4.78, 5) is 12.3. The van der Waals surface area contributed by atoms with Crippen molar-refractivity contribution in [2.45, 2.75) is 19.8 Å². The number of fused-ring (bicyclic) bond motifs is 1. The number of piperidine rings is 1. The number of halogens is 1. The predicted octanol–water partition coefficient (Wildman–Crippen LogP) is 3.31. The molecule has 4 nitrogen and oxygen atoms in total. The molecule has 1 aliphatic rings. The van der Waals surface area contributed by atoms with Crippen LogP contribution in [0.5, 0.6) is 0 Å². The van der Waals surface area contributed by atoms with Crippen LogP contribution in [0.4, 0.5) is 0 Å². The maximum atomic E-state index is 12.3. The highest BCUT2D eigenvalue weighted by Crippen LogP contribution is 2.28. The molecule has 0 unspecified atom stereocenters. The van der Waals surface area contributed by atoms with E-state index in [2.05, 4.69) is 33.5 Å². The van der Waals surface area contributed by atoms with Crippen LogP contribution in [0.15, 0.2) is 33.2 Å². The molecule has 1 fully saturated rings. The molecule has 1 saturated heterocycles. The van der Waals surface area contributed by atoms with E-state index in [-0.39, 0.29) is 11.3 Å². The Hall–Kier alpha value is -1.33. The molecular formula is C16H19BrN2O2. The van der Waals surface area contributed by atoms with Crippen LogP contribution in [0.2, 0.25) is 0 Å². The summed E-state index contributed by atoms with van der Waals surface area (Å²) in [5, 5.41) is 7.29. The number of nitrogens with one attached hydrogen (secondary N) is 2. The van der Waals surface area contributed by atoms with Crippen molar-refractivity contribution in [3.63, 3.8) is 0 Å². The van der Waals surface area contributed by atoms with E-state index in [1.54, 1.807) is 6.07 Å². The third-order valence-electron chi connectivity index (χ3n) is 4.21. The van der Waals surface area contributed by atoms with Gasteiger partial charge in [0.1, 0.15) is 5.58 Å². The number of carbonyl (C=O) groups excluding carboxylic acids is 1. The normalized spacial score (nSPS) is 17.8. The molecule has 0 spiro atoms. The van der Waals surface area contributed by atoms with Gasteiger partial charge in [-0.3, -0.25) is 4.79 Å². The molecule has 2 N–H and O–H groups in total. The van der Waals surface area contributed by atoms with E-state index in [4.69, 9.17) is 4.42 Å². The fourth-order valence-corrected chi connectivity index (χ4v) is 3.19. The molecule has 5 heteroatoms. The molecule has 0 aliphatic carbocycles. The fourth-order valence-electron chi connectivity index (χ4n) is 2.73. The zero-order chi connectivity index (χ0) is 14.9. The van der Waals surface area contributed by atoms with Gasteiger partial charge in [-0.05, 0) is 59.4 Å². The van der Waals surface area contributed by atoms with Crippen molar-refractivity contribution in [1.29, 1.82) is 0 Å². The SMILES string of the molecule is CC1(CNC(=O)c2cc3cccc(Br)c3o2)CCNCC1. The van der Waals surface area contributed by atoms with E-state index in [9.17, 15) is 4.79 Å². The molecule has 0 saturated carbocycles. The Morgan fingerprint density at radius 2 is 2.19 bits per heavy atom. The first-order valence-electron chi connectivity index (χ1n) is 7.24. The smallest absolute Gasteiger partial charge is 0.287 e. The quantitative estimate of drug-likeness (QED) is 0.892. The third-order valence-corrected chi connectivity index (χ3v) is 4.83. The summed E-state index contributed by atoms with van der Waals surface area (Å²) >= 11 is 3.44. The van der Waals surface area contributed by atoms with Crippen LogP contribution >= 0.6 is 15.9 Å². The lowest BCUT2D eigenvalue weighted by molar-refractivity contribution is 0.0896. The number of amides is 1. The molecule has 0 radical (unpaired) electrons. The fraction of sp³-hybridized carbons (Fsp3) is 0.438. The Kier molecular flexibility index (Phi) is 4.04. The molecule has 2 aromatic rings. The van der Waals surface area contributed by atoms with E-state index in [1.807, 2.05) is 18.2 Å². The number of hydrogen-bond donors (Lipinski definition) is 2. The van der Waals surface area contributed by atoms with Crippen molar-refractivity contribution < 1.29 is 9.21 Å². The molecule has 3 rings (SSSR count). The number of furan rings is 1. The molecule has 112 valence electrons. The summed E-state index contributed by atoms with van der Waals surface area (Å²) < 4.78 is 6.53. The molecule has 2 heterocycles. The molecule has 1 aliphatic heterocycles. The van der Waals surface area contributed by atoms with E-state index in [1.165, 1.54) is 0 Å². The van der Waals surface area contributed by atoms with Gasteiger partial charge in [-0.1, -0.05) is 19.1 Å². The van der Waals surface area contributed by atoms with Crippen LogP contribution in [-0.4, -0.2) is 25.5 Å². The van der Waals surface area contributed by atoms with Gasteiger partial charge in [-0.25, -0.2) is 0 Å². The number of carbonyl (C=O) groups is 1. The van der Waals surface area contributed by atoms with Gasteiger partial charge in [0.05, 0.1) is 4.47 Å². The maximum absolute atomic E-state index is 12.3. The van der Waals surface area contributed by atoms with Gasteiger partial charge in [0, 0.05) is 11.9 Å². The Bertz CT molecular complexity index is 659. The molecule has 1 aromatic carbocycles. The highest BCUT2D eigenvalue weighted by Gasteiger charge is 2.27. The van der Waals surface area contributed by atoms with Crippen molar-refractivity contribution in [3.8, 4) is 0 Å². The summed E-state index contributed by atoms with van der Waals surface area (Å²) in [6, 6.07) is 7.57. The van der Waals surface area contributed by atoms with Crippen molar-refractivity contribution in [2.24, 2.45) is 5.41 Å². The summed E-state index contributed by atoms with van der Waals surface area (Å²) in [6.45, 7) is 4.95. The minimum atomic E-state index is -0.141. The number of para-hydroxylation sites is 1. The highest BCUT2D eigenvalue weighted by atomic mass is 79.9. The first kappa shape index (κ1) is 14.6. The second kappa shape index (κ2) is 5.81. The second-order valence-corrected chi connectivity index (χ2v) is 6.87. The Balaban J connectivity index is 1.70. The lowest BCUT2D eigenvalue weighted by Crippen LogP contribution is -2.42. The van der Waals surface area contributed by atoms with Crippen molar-refractivity contribution in [2.75, 3.05) is 19.6 Å². The van der Waals surface area contributed by atoms with Crippen LogP contribution in [0.1, 0.15) is 30.3 Å². The van der Waals surface area contributed by atoms with Gasteiger partial charge in [-0.15, -0.1) is 0 Å². The minimum absolute atomic E-state index is 0.141. The summed E-state index contributed by atoms with van der Waals surface area (Å²) in [5.74, 6) is 0.229. The topological polar surface area (TPSA) is 54.3 Å². The Morgan fingerprint density at radius 3 is 2.90 bits per heavy atom. The van der Waals surface area contributed by atoms with Crippen LogP contribution in [0.25, 0.3) is 11.0 Å². The van der Waals surface area contributed by atoms with E-state index < -0.39 is 0 Å². The zero-order valence-corrected chi connectivity index (χ0v) is 13.6. The lowest BCUT2D eigenvalue weighted by Gasteiger charge is -2.33. The van der Waals surface area contributed by atoms with E-state index in [0.29, 0.717) is 12.3 Å². The van der Waals surface area contributed by atoms with E-state index in [0.717, 1.165) is 41.4 Å². The van der Waals surface area contributed by atoms with Gasteiger partial charge in [0.2, 0.25) is 0 Å². The maximum Gasteiger partial charge on any atom is 0.287 e. The summed E-state index contributed by atoms with van der Waals surface area (Å²) in [5.41, 5.74) is 0.892. The van der Waals surface area contributed by atoms with Crippen LogP contribution < -0.4 is 10.6 Å². The van der Waals surface area contributed by atoms with Gasteiger partial charge in [0.15, 0.2) is 5.76 Å². The number of hydrogen-bond acceptors (Lipinski definition) is 3. The minimum Gasteiger partial charge on any atom is -0.450 e. The molecule has 1 aromatic heterocycles. The summed E-state index contributed by atoms with van der Waals surface area (Å²) in [6.07, 6.45) is 2.16. The number of benzene rings is 1. The molecule has 0 atom stereocenters. The molecule has 0 bridgehead atoms. The molecule has 1 amide bonds. The van der Waals surface area contributed by atoms with Crippen molar-refractivity contribution in [3.05, 3.63) is 34.5 Å².